The predicted molar refractivity (Wildman–Crippen MR) is 70.4 cm³/mol. The second-order valence-corrected chi connectivity index (χ2v) is 4.73. The molecule has 2 rings (SSSR count). The summed E-state index contributed by atoms with van der Waals surface area (Å²) in [5.74, 6) is 0.813. The summed E-state index contributed by atoms with van der Waals surface area (Å²) in [6.07, 6.45) is -2.02. The van der Waals surface area contributed by atoms with Gasteiger partial charge in [0.15, 0.2) is 0 Å². The van der Waals surface area contributed by atoms with Gasteiger partial charge in [-0.2, -0.15) is 13.2 Å². The maximum atomic E-state index is 12.5. The van der Waals surface area contributed by atoms with Gasteiger partial charge < -0.3 is 9.73 Å². The summed E-state index contributed by atoms with van der Waals surface area (Å²) >= 11 is 0. The highest BCUT2D eigenvalue weighted by Crippen LogP contribution is 2.29. The largest absolute Gasteiger partial charge is 0.469 e. The lowest BCUT2D eigenvalue weighted by Crippen LogP contribution is -2.18. The highest BCUT2D eigenvalue weighted by Gasteiger charge is 2.30. The normalized spacial score (nSPS) is 13.4. The third-order valence-corrected chi connectivity index (χ3v) is 3.22. The van der Waals surface area contributed by atoms with E-state index in [1.807, 2.05) is 20.0 Å². The lowest BCUT2D eigenvalue weighted by molar-refractivity contribution is -0.137. The zero-order valence-electron chi connectivity index (χ0n) is 11.3. The molecule has 0 bridgehead atoms. The predicted octanol–water partition coefficient (Wildman–Crippen LogP) is 4.11. The molecule has 0 aliphatic heterocycles. The zero-order valence-corrected chi connectivity index (χ0v) is 11.3. The Hall–Kier alpha value is -1.75. The van der Waals surface area contributed by atoms with Crippen LogP contribution in [-0.2, 0) is 12.6 Å². The van der Waals surface area contributed by atoms with E-state index in [4.69, 9.17) is 4.42 Å². The Bertz CT molecular complexity index is 557. The van der Waals surface area contributed by atoms with E-state index in [-0.39, 0.29) is 6.04 Å². The van der Waals surface area contributed by atoms with E-state index < -0.39 is 11.7 Å². The fraction of sp³-hybridized carbons (Fsp3) is 0.333. The summed E-state index contributed by atoms with van der Waals surface area (Å²) in [5.41, 5.74) is 1.21. The number of hydrogen-bond donors (Lipinski definition) is 1. The van der Waals surface area contributed by atoms with E-state index in [0.29, 0.717) is 6.42 Å². The van der Waals surface area contributed by atoms with Gasteiger partial charge in [-0.15, -0.1) is 0 Å². The minimum Gasteiger partial charge on any atom is -0.469 e. The van der Waals surface area contributed by atoms with Gasteiger partial charge in [-0.3, -0.25) is 0 Å². The maximum Gasteiger partial charge on any atom is 0.416 e. The van der Waals surface area contributed by atoms with Gasteiger partial charge in [0.05, 0.1) is 11.8 Å². The quantitative estimate of drug-likeness (QED) is 0.913. The minimum atomic E-state index is -4.29. The van der Waals surface area contributed by atoms with Crippen molar-refractivity contribution in [2.24, 2.45) is 0 Å². The smallest absolute Gasteiger partial charge is 0.416 e. The molecule has 0 aliphatic rings. The van der Waals surface area contributed by atoms with Crippen LogP contribution in [0, 0.1) is 6.92 Å². The molecule has 1 heterocycles. The van der Waals surface area contributed by atoms with Gasteiger partial charge in [-0.25, -0.2) is 0 Å². The number of rotatable bonds is 4. The first-order valence-electron chi connectivity index (χ1n) is 6.28. The van der Waals surface area contributed by atoms with Crippen molar-refractivity contribution < 1.29 is 17.6 Å². The van der Waals surface area contributed by atoms with Crippen LogP contribution >= 0.6 is 0 Å². The first-order chi connectivity index (χ1) is 9.40. The molecule has 0 saturated carbocycles. The molecular weight excluding hydrogens is 267 g/mol. The first-order valence-corrected chi connectivity index (χ1v) is 6.28. The molecule has 2 nitrogen and oxygen atoms in total. The van der Waals surface area contributed by atoms with Crippen molar-refractivity contribution in [2.75, 3.05) is 7.05 Å². The number of benzene rings is 1. The van der Waals surface area contributed by atoms with Crippen molar-refractivity contribution in [3.63, 3.8) is 0 Å². The van der Waals surface area contributed by atoms with Gasteiger partial charge in [-0.05, 0) is 44.2 Å². The molecule has 1 atom stereocenters. The highest BCUT2D eigenvalue weighted by molar-refractivity contribution is 5.27. The van der Waals surface area contributed by atoms with Crippen LogP contribution in [0.25, 0.3) is 0 Å². The summed E-state index contributed by atoms with van der Waals surface area (Å²) in [6.45, 7) is 1.86. The first kappa shape index (κ1) is 14.7. The molecule has 2 aromatic rings. The molecule has 0 spiro atoms. The second-order valence-electron chi connectivity index (χ2n) is 4.73. The van der Waals surface area contributed by atoms with E-state index in [9.17, 15) is 13.2 Å². The van der Waals surface area contributed by atoms with Gasteiger partial charge in [0.1, 0.15) is 5.76 Å². The second kappa shape index (κ2) is 5.71. The molecular formula is C15H16F3NO. The summed E-state index contributed by atoms with van der Waals surface area (Å²) < 4.78 is 42.7. The van der Waals surface area contributed by atoms with E-state index in [1.165, 1.54) is 12.1 Å². The number of aryl methyl sites for hydroxylation is 1. The number of hydrogen-bond acceptors (Lipinski definition) is 2. The molecule has 1 unspecified atom stereocenters. The molecule has 1 aromatic heterocycles. The van der Waals surface area contributed by atoms with E-state index >= 15 is 0 Å². The van der Waals surface area contributed by atoms with Crippen LogP contribution in [-0.4, -0.2) is 7.05 Å². The number of nitrogens with one attached hydrogen (secondary N) is 1. The number of halogens is 3. The standard InChI is InChI=1S/C15H16F3NO/c1-10-7-12(9-20-10)14(19-2)8-11-3-5-13(6-4-11)15(16,17)18/h3-7,9,14,19H,8H2,1-2H3. The van der Waals surface area contributed by atoms with Crippen LogP contribution < -0.4 is 5.32 Å². The van der Waals surface area contributed by atoms with E-state index in [1.54, 1.807) is 6.26 Å². The molecule has 0 aliphatic carbocycles. The summed E-state index contributed by atoms with van der Waals surface area (Å²) in [5, 5.41) is 3.14. The Labute approximate surface area is 115 Å². The van der Waals surface area contributed by atoms with Gasteiger partial charge in [0, 0.05) is 11.6 Å². The Morgan fingerprint density at radius 3 is 2.30 bits per heavy atom. The minimum absolute atomic E-state index is 0.0178. The Kier molecular flexibility index (Phi) is 4.18. The molecule has 1 N–H and O–H groups in total. The highest BCUT2D eigenvalue weighted by atomic mass is 19.4. The number of likely N-dealkylation sites (N-methyl/N-ethyl adjacent to an activating group) is 1. The molecule has 108 valence electrons. The van der Waals surface area contributed by atoms with Crippen LogP contribution in [0.15, 0.2) is 41.0 Å². The lowest BCUT2D eigenvalue weighted by Gasteiger charge is -2.15. The van der Waals surface area contributed by atoms with Crippen molar-refractivity contribution in [3.8, 4) is 0 Å². The Morgan fingerprint density at radius 2 is 1.85 bits per heavy atom. The molecule has 0 radical (unpaired) electrons. The number of furan rings is 1. The molecule has 0 fully saturated rings. The summed E-state index contributed by atoms with van der Waals surface area (Å²) in [7, 11) is 1.82. The maximum absolute atomic E-state index is 12.5. The van der Waals surface area contributed by atoms with Crippen molar-refractivity contribution in [2.45, 2.75) is 25.6 Å². The molecule has 1 aromatic carbocycles. The van der Waals surface area contributed by atoms with Crippen molar-refractivity contribution in [1.82, 2.24) is 5.32 Å². The fourth-order valence-electron chi connectivity index (χ4n) is 2.10. The fourth-order valence-corrected chi connectivity index (χ4v) is 2.10. The number of alkyl halides is 3. The molecule has 5 heteroatoms. The van der Waals surface area contributed by atoms with Gasteiger partial charge in [0.2, 0.25) is 0 Å². The SMILES string of the molecule is CNC(Cc1ccc(C(F)(F)F)cc1)c1coc(C)c1. The molecule has 0 saturated heterocycles. The molecule has 0 amide bonds. The third-order valence-electron chi connectivity index (χ3n) is 3.22. The van der Waals surface area contributed by atoms with Crippen LogP contribution in [0.2, 0.25) is 0 Å². The van der Waals surface area contributed by atoms with Crippen LogP contribution in [0.1, 0.15) is 28.5 Å². The van der Waals surface area contributed by atoms with E-state index in [0.717, 1.165) is 29.0 Å². The van der Waals surface area contributed by atoms with Crippen molar-refractivity contribution >= 4 is 0 Å². The molecule has 20 heavy (non-hydrogen) atoms. The Morgan fingerprint density at radius 1 is 1.20 bits per heavy atom. The van der Waals surface area contributed by atoms with Crippen LogP contribution in [0.3, 0.4) is 0 Å². The zero-order chi connectivity index (χ0) is 14.8. The average molecular weight is 283 g/mol. The van der Waals surface area contributed by atoms with Gasteiger partial charge in [-0.1, -0.05) is 12.1 Å². The van der Waals surface area contributed by atoms with Crippen LogP contribution in [0.4, 0.5) is 13.2 Å². The van der Waals surface area contributed by atoms with Crippen molar-refractivity contribution in [3.05, 3.63) is 59.0 Å². The van der Waals surface area contributed by atoms with Gasteiger partial charge in [0.25, 0.3) is 0 Å². The summed E-state index contributed by atoms with van der Waals surface area (Å²) in [4.78, 5) is 0. The third kappa shape index (κ3) is 3.42. The van der Waals surface area contributed by atoms with Crippen LogP contribution in [0.5, 0.6) is 0 Å². The Balaban J connectivity index is 2.12. The lowest BCUT2D eigenvalue weighted by atomic mass is 10.00. The van der Waals surface area contributed by atoms with E-state index in [2.05, 4.69) is 5.32 Å². The van der Waals surface area contributed by atoms with Gasteiger partial charge >= 0.3 is 6.18 Å². The summed E-state index contributed by atoms with van der Waals surface area (Å²) in [6, 6.07) is 7.20. The average Bonchev–Trinajstić information content (AvgIpc) is 2.82. The van der Waals surface area contributed by atoms with Crippen molar-refractivity contribution in [1.29, 1.82) is 0 Å². The topological polar surface area (TPSA) is 25.2 Å². The monoisotopic (exact) mass is 283 g/mol.